The van der Waals surface area contributed by atoms with Crippen LogP contribution in [0.15, 0.2) is 23.8 Å². The van der Waals surface area contributed by atoms with Crippen molar-refractivity contribution in [1.29, 1.82) is 0 Å². The number of hydrogen-bond acceptors (Lipinski definition) is 2. The van der Waals surface area contributed by atoms with E-state index in [1.807, 2.05) is 0 Å². The molecule has 1 aliphatic carbocycles. The highest BCUT2D eigenvalue weighted by Gasteiger charge is 2.22. The Balaban J connectivity index is 2.56. The van der Waals surface area contributed by atoms with Crippen molar-refractivity contribution in [3.8, 4) is 0 Å². The van der Waals surface area contributed by atoms with Crippen molar-refractivity contribution in [2.75, 3.05) is 0 Å². The summed E-state index contributed by atoms with van der Waals surface area (Å²) in [4.78, 5) is 10.8. The van der Waals surface area contributed by atoms with E-state index in [0.29, 0.717) is 0 Å². The second-order valence-electron chi connectivity index (χ2n) is 5.72. The minimum absolute atomic E-state index is 0.0223. The van der Waals surface area contributed by atoms with Crippen molar-refractivity contribution in [3.63, 3.8) is 0 Å². The molecule has 0 bridgehead atoms. The molecule has 0 saturated carbocycles. The third-order valence-electron chi connectivity index (χ3n) is 2.60. The number of ether oxygens (including phenoxy) is 1. The zero-order valence-electron chi connectivity index (χ0n) is 10.8. The van der Waals surface area contributed by atoms with E-state index in [0.717, 1.165) is 18.9 Å². The van der Waals surface area contributed by atoms with Crippen molar-refractivity contribution < 1.29 is 9.53 Å². The van der Waals surface area contributed by atoms with Crippen LogP contribution in [0.25, 0.3) is 0 Å². The van der Waals surface area contributed by atoms with Gasteiger partial charge in [-0.15, -0.1) is 0 Å². The molecule has 2 nitrogen and oxygen atoms in total. The van der Waals surface area contributed by atoms with E-state index in [1.54, 1.807) is 0 Å². The Morgan fingerprint density at radius 2 is 2.19 bits per heavy atom. The molecule has 0 aromatic rings. The van der Waals surface area contributed by atoms with Crippen molar-refractivity contribution in [1.82, 2.24) is 0 Å². The van der Waals surface area contributed by atoms with Crippen LogP contribution in [0.2, 0.25) is 25.7 Å². The van der Waals surface area contributed by atoms with Crippen LogP contribution in [-0.4, -0.2) is 20.1 Å². The Morgan fingerprint density at radius 1 is 1.56 bits per heavy atom. The Morgan fingerprint density at radius 3 is 2.69 bits per heavy atom. The topological polar surface area (TPSA) is 26.3 Å². The molecule has 0 aromatic carbocycles. The Labute approximate surface area is 99.4 Å². The number of carbonyl (C=O) groups is 1. The predicted molar refractivity (Wildman–Crippen MR) is 70.2 cm³/mol. The van der Waals surface area contributed by atoms with Gasteiger partial charge in [-0.1, -0.05) is 31.8 Å². The summed E-state index contributed by atoms with van der Waals surface area (Å²) in [5.41, 5.74) is 2.54. The average molecular weight is 238 g/mol. The van der Waals surface area contributed by atoms with Crippen molar-refractivity contribution in [3.05, 3.63) is 23.8 Å². The Hall–Kier alpha value is -0.833. The minimum Gasteiger partial charge on any atom is -0.458 e. The third kappa shape index (κ3) is 4.35. The van der Waals surface area contributed by atoms with Crippen LogP contribution in [0.5, 0.6) is 0 Å². The molecule has 0 unspecified atom stereocenters. The number of allylic oxidation sites excluding steroid dienone is 2. The fourth-order valence-corrected chi connectivity index (χ4v) is 3.55. The summed E-state index contributed by atoms with van der Waals surface area (Å²) < 4.78 is 5.18. The summed E-state index contributed by atoms with van der Waals surface area (Å²) in [6.45, 7) is 12.7. The third-order valence-corrected chi connectivity index (χ3v) is 4.09. The fraction of sp³-hybridized carbons (Fsp3) is 0.615. The lowest BCUT2D eigenvalue weighted by Gasteiger charge is -2.18. The van der Waals surface area contributed by atoms with Crippen LogP contribution in [-0.2, 0) is 9.53 Å². The second-order valence-corrected chi connectivity index (χ2v) is 11.2. The molecular formula is C13H22O2Si. The van der Waals surface area contributed by atoms with Gasteiger partial charge in [0.05, 0.1) is 0 Å². The summed E-state index contributed by atoms with van der Waals surface area (Å²) in [5, 5.41) is 0. The highest BCUT2D eigenvalue weighted by Crippen LogP contribution is 2.30. The molecule has 0 N–H and O–H groups in total. The van der Waals surface area contributed by atoms with E-state index in [-0.39, 0.29) is 12.1 Å². The smallest absolute Gasteiger partial charge is 0.303 e. The van der Waals surface area contributed by atoms with Gasteiger partial charge in [-0.25, -0.2) is 0 Å². The molecule has 1 aliphatic rings. The van der Waals surface area contributed by atoms with Crippen LogP contribution in [0.3, 0.4) is 0 Å². The molecule has 0 fully saturated rings. The van der Waals surface area contributed by atoms with Gasteiger partial charge in [-0.2, -0.15) is 0 Å². The molecule has 3 heteroatoms. The molecule has 16 heavy (non-hydrogen) atoms. The van der Waals surface area contributed by atoms with Gasteiger partial charge < -0.3 is 4.74 Å². The molecule has 0 saturated heterocycles. The Kier molecular flexibility index (Phi) is 4.13. The lowest BCUT2D eigenvalue weighted by molar-refractivity contribution is -0.144. The lowest BCUT2D eigenvalue weighted by Crippen LogP contribution is -2.20. The summed E-state index contributed by atoms with van der Waals surface area (Å²) in [7, 11) is -1.09. The van der Waals surface area contributed by atoms with Crippen LogP contribution in [0.1, 0.15) is 19.8 Å². The molecule has 1 atom stereocenters. The van der Waals surface area contributed by atoms with E-state index in [2.05, 4.69) is 32.3 Å². The van der Waals surface area contributed by atoms with Gasteiger partial charge in [0.1, 0.15) is 6.10 Å². The zero-order chi connectivity index (χ0) is 12.3. The summed E-state index contributed by atoms with van der Waals surface area (Å²) in [5.74, 6) is -0.196. The van der Waals surface area contributed by atoms with Gasteiger partial charge in [0.15, 0.2) is 0 Å². The molecule has 0 aromatic heterocycles. The number of hydrogen-bond donors (Lipinski definition) is 0. The molecule has 0 spiro atoms. The maximum Gasteiger partial charge on any atom is 0.303 e. The molecule has 90 valence electrons. The van der Waals surface area contributed by atoms with Crippen molar-refractivity contribution in [2.24, 2.45) is 0 Å². The zero-order valence-corrected chi connectivity index (χ0v) is 11.8. The average Bonchev–Trinajstić information content (AvgIpc) is 2.48. The number of rotatable bonds is 4. The Bertz CT molecular complexity index is 323. The van der Waals surface area contributed by atoms with E-state index in [4.69, 9.17) is 4.74 Å². The highest BCUT2D eigenvalue weighted by molar-refractivity contribution is 6.76. The quantitative estimate of drug-likeness (QED) is 0.553. The number of carbonyl (C=O) groups excluding carboxylic acids is 1. The molecule has 0 radical (unpaired) electrons. The summed E-state index contributed by atoms with van der Waals surface area (Å²) >= 11 is 0. The van der Waals surface area contributed by atoms with Gasteiger partial charge in [-0.05, 0) is 30.5 Å². The molecule has 0 amide bonds. The first-order valence-electron chi connectivity index (χ1n) is 5.84. The molecule has 0 heterocycles. The normalized spacial score (nSPS) is 20.5. The predicted octanol–water partition coefficient (Wildman–Crippen LogP) is 3.53. The van der Waals surface area contributed by atoms with Gasteiger partial charge in [-0.3, -0.25) is 4.79 Å². The SMILES string of the molecule is C=C(C[Si](C)(C)C)C1=C[C@@H](OC(C)=O)CC1. The fourth-order valence-electron chi connectivity index (χ4n) is 2.04. The maximum atomic E-state index is 10.8. The monoisotopic (exact) mass is 238 g/mol. The highest BCUT2D eigenvalue weighted by atomic mass is 28.3. The first-order valence-corrected chi connectivity index (χ1v) is 9.55. The van der Waals surface area contributed by atoms with Crippen molar-refractivity contribution in [2.45, 2.75) is 51.6 Å². The minimum atomic E-state index is -1.09. The van der Waals surface area contributed by atoms with E-state index >= 15 is 0 Å². The van der Waals surface area contributed by atoms with Crippen LogP contribution in [0, 0.1) is 0 Å². The van der Waals surface area contributed by atoms with Gasteiger partial charge in [0.25, 0.3) is 0 Å². The number of esters is 1. The molecular weight excluding hydrogens is 216 g/mol. The molecule has 0 aliphatic heterocycles. The largest absolute Gasteiger partial charge is 0.458 e. The second kappa shape index (κ2) is 5.00. The van der Waals surface area contributed by atoms with E-state index in [9.17, 15) is 4.79 Å². The lowest BCUT2D eigenvalue weighted by atomic mass is 10.1. The van der Waals surface area contributed by atoms with Gasteiger partial charge in [0, 0.05) is 15.0 Å². The van der Waals surface area contributed by atoms with Crippen molar-refractivity contribution >= 4 is 14.0 Å². The first-order chi connectivity index (χ1) is 7.28. The van der Waals surface area contributed by atoms with Crippen LogP contribution in [0.4, 0.5) is 0 Å². The van der Waals surface area contributed by atoms with Gasteiger partial charge in [0.2, 0.25) is 0 Å². The summed E-state index contributed by atoms with van der Waals surface area (Å²) in [6, 6.07) is 1.13. The first kappa shape index (κ1) is 13.2. The molecule has 1 rings (SSSR count). The van der Waals surface area contributed by atoms with E-state index in [1.165, 1.54) is 18.1 Å². The summed E-state index contributed by atoms with van der Waals surface area (Å²) in [6.07, 6.45) is 3.97. The standard InChI is InChI=1S/C13H22O2Si/c1-10(9-16(3,4)5)12-6-7-13(8-12)15-11(2)14/h8,13H,1,6-7,9H2,2-5H3/t13-/m0/s1. The van der Waals surface area contributed by atoms with Gasteiger partial charge >= 0.3 is 5.97 Å². The maximum absolute atomic E-state index is 10.8. The van der Waals surface area contributed by atoms with E-state index < -0.39 is 8.07 Å². The van der Waals surface area contributed by atoms with Crippen LogP contribution >= 0.6 is 0 Å². The van der Waals surface area contributed by atoms with Crippen LogP contribution < -0.4 is 0 Å².